The van der Waals surface area contributed by atoms with Gasteiger partial charge >= 0.3 is 11.9 Å². The molecule has 2 aromatic heterocycles. The van der Waals surface area contributed by atoms with Gasteiger partial charge in [-0.25, -0.2) is 19.5 Å². The van der Waals surface area contributed by atoms with Crippen LogP contribution in [0.1, 0.15) is 76.6 Å². The number of unbranched alkanes of at least 4 members (excludes halogenated alkanes) is 1. The minimum absolute atomic E-state index is 0.0484. The minimum Gasteiger partial charge on any atom is -0.370 e. The number of urea groups is 1. The lowest BCUT2D eigenvalue weighted by molar-refractivity contribution is -0.307. The normalized spacial score (nSPS) is 15.8. The van der Waals surface area contributed by atoms with Crippen molar-refractivity contribution in [2.24, 2.45) is 16.5 Å². The summed E-state index contributed by atoms with van der Waals surface area (Å²) in [6.07, 6.45) is 5.47. The predicted molar refractivity (Wildman–Crippen MR) is 302 cm³/mol. The summed E-state index contributed by atoms with van der Waals surface area (Å²) in [6, 6.07) is 4.72. The van der Waals surface area contributed by atoms with Gasteiger partial charge in [0.25, 0.3) is 5.91 Å². The Morgan fingerprint density at radius 1 is 0.688 bits per heavy atom. The second kappa shape index (κ2) is 29.8. The zero-order valence-electron chi connectivity index (χ0n) is 45.0. The molecule has 28 heteroatoms. The van der Waals surface area contributed by atoms with E-state index in [2.05, 4.69) is 93.5 Å². The number of aromatic nitrogens is 3. The Balaban J connectivity index is 1.37. The van der Waals surface area contributed by atoms with Crippen LogP contribution >= 0.6 is 25.3 Å². The highest BCUT2D eigenvalue weighted by molar-refractivity contribution is 7.80. The largest absolute Gasteiger partial charge is 0.370 e. The first-order valence-electron chi connectivity index (χ1n) is 26.0. The number of benzene rings is 2. The second-order valence-corrected chi connectivity index (χ2v) is 20.5. The number of carbonyl (C=O) groups excluding carboxylic acids is 10. The van der Waals surface area contributed by atoms with Crippen LogP contribution in [0.2, 0.25) is 0 Å². The maximum absolute atomic E-state index is 14.7. The smallest absolute Gasteiger partial charge is 0.332 e. The van der Waals surface area contributed by atoms with Crippen LogP contribution in [0.5, 0.6) is 0 Å². The van der Waals surface area contributed by atoms with Crippen molar-refractivity contribution in [3.05, 3.63) is 90.1 Å². The maximum Gasteiger partial charge on any atom is 0.332 e. The highest BCUT2D eigenvalue weighted by Crippen LogP contribution is 2.23. The van der Waals surface area contributed by atoms with E-state index in [1.165, 1.54) is 33.3 Å². The average Bonchev–Trinajstić information content (AvgIpc) is 4.14. The molecule has 8 unspecified atom stereocenters. The summed E-state index contributed by atoms with van der Waals surface area (Å²) in [4.78, 5) is 152. The van der Waals surface area contributed by atoms with Crippen molar-refractivity contribution in [1.29, 1.82) is 0 Å². The van der Waals surface area contributed by atoms with E-state index in [4.69, 9.17) is 11.5 Å². The number of thiol groups is 2. The Hall–Kier alpha value is -7.98. The van der Waals surface area contributed by atoms with E-state index in [1.807, 2.05) is 31.2 Å². The number of carbonyl (C=O) groups is 10. The topological polar surface area (TPSA) is 407 Å². The fourth-order valence-corrected chi connectivity index (χ4v) is 9.23. The SMILES string of the molecule is CCCCC(C(=O)NC(CS)C(=O)NC(C)C(=O)NC(Cc1cnc[nH]1)C(=O)NC(Cc1ccccc1)C(=O)NC(CCCN=C(N)N)C(=O)NC(Cc1c[nH]c2ccccc12)C(=O)NC(CS)C([NH3+])=O)N1C(=O)NC(C)(C)C1=O. The summed E-state index contributed by atoms with van der Waals surface area (Å²) >= 11 is 8.45. The summed E-state index contributed by atoms with van der Waals surface area (Å²) < 4.78 is 0. The van der Waals surface area contributed by atoms with Crippen molar-refractivity contribution < 1.29 is 53.7 Å². The number of amides is 11. The molecule has 5 rings (SSSR count). The molecule has 0 spiro atoms. The lowest BCUT2D eigenvalue weighted by Crippen LogP contribution is -2.68. The third kappa shape index (κ3) is 17.8. The fraction of sp³-hybridized carbons (Fsp3) is 0.462. The zero-order chi connectivity index (χ0) is 58.7. The van der Waals surface area contributed by atoms with Gasteiger partial charge in [-0.15, -0.1) is 0 Å². The summed E-state index contributed by atoms with van der Waals surface area (Å²) in [5.41, 5.74) is 15.7. The predicted octanol–water partition coefficient (Wildman–Crippen LogP) is -2.10. The molecule has 17 N–H and O–H groups in total. The number of guanidine groups is 1. The number of hydrogen-bond donors (Lipinski definition) is 15. The number of nitrogens with zero attached hydrogens (tertiary/aromatic N) is 3. The first-order chi connectivity index (χ1) is 38.1. The van der Waals surface area contributed by atoms with Crippen LogP contribution in [0.3, 0.4) is 0 Å². The van der Waals surface area contributed by atoms with Crippen molar-refractivity contribution >= 4 is 101 Å². The molecule has 4 aromatic rings. The van der Waals surface area contributed by atoms with Crippen LogP contribution in [-0.2, 0) is 62.4 Å². The standard InChI is InChI=1S/C52H72N16O10S2/c1-5-6-18-40(68-49(77)52(3,4)67-51(68)78)48(76)66-39(26-80)47(75)60-28(2)42(70)62-37(22-31-24-56-27-59-31)46(74)63-35(20-29-13-8-7-9-14-29)44(72)61-34(17-12-19-57-50(54)55)43(71)64-36(45(73)65-38(25-79)41(53)69)21-30-23-58-33-16-11-10-15-32(30)33/h7-11,13-16,23-24,27-28,34-40,58,79-80H,5-6,12,17-22,25-26H2,1-4H3,(H2,53,69)(H,56,59)(H,60,75)(H,61,72)(H,62,70)(H,63,74)(H,64,71)(H,65,73)(H,66,76)(H,67,78)(H4,54,55,57)/p+1. The summed E-state index contributed by atoms with van der Waals surface area (Å²) in [7, 11) is 0. The highest BCUT2D eigenvalue weighted by atomic mass is 32.1. The molecule has 8 atom stereocenters. The molecule has 1 aliphatic rings. The van der Waals surface area contributed by atoms with Gasteiger partial charge in [0.1, 0.15) is 47.8 Å². The van der Waals surface area contributed by atoms with Gasteiger partial charge in [0.05, 0.1) is 6.33 Å². The molecule has 80 heavy (non-hydrogen) atoms. The Morgan fingerprint density at radius 2 is 1.25 bits per heavy atom. The third-order valence-electron chi connectivity index (χ3n) is 13.1. The lowest BCUT2D eigenvalue weighted by atomic mass is 10.0. The lowest BCUT2D eigenvalue weighted by Gasteiger charge is -2.28. The summed E-state index contributed by atoms with van der Waals surface area (Å²) in [5, 5.41) is 21.9. The monoisotopic (exact) mass is 1150 g/mol. The van der Waals surface area contributed by atoms with Crippen molar-refractivity contribution in [1.82, 2.24) is 62.4 Å². The number of para-hydroxylation sites is 1. The van der Waals surface area contributed by atoms with Crippen molar-refractivity contribution in [2.45, 2.75) is 133 Å². The first kappa shape index (κ1) is 62.9. The Labute approximate surface area is 473 Å². The highest BCUT2D eigenvalue weighted by Gasteiger charge is 2.49. The number of quaternary nitrogens is 1. The van der Waals surface area contributed by atoms with Crippen molar-refractivity contribution in [3.63, 3.8) is 0 Å². The van der Waals surface area contributed by atoms with Gasteiger partial charge < -0.3 is 64.0 Å². The van der Waals surface area contributed by atoms with E-state index < -0.39 is 113 Å². The van der Waals surface area contributed by atoms with E-state index in [-0.39, 0.29) is 62.5 Å². The number of imidazole rings is 1. The van der Waals surface area contributed by atoms with Gasteiger partial charge in [0.15, 0.2) is 12.0 Å². The number of nitrogens with one attached hydrogen (secondary N) is 10. The molecule has 0 saturated carbocycles. The van der Waals surface area contributed by atoms with Gasteiger partial charge in [0, 0.05) is 66.3 Å². The van der Waals surface area contributed by atoms with Crippen LogP contribution in [0.15, 0.2) is 78.3 Å². The van der Waals surface area contributed by atoms with Gasteiger partial charge in [-0.3, -0.25) is 49.1 Å². The van der Waals surface area contributed by atoms with Gasteiger partial charge in [0.2, 0.25) is 41.4 Å². The summed E-state index contributed by atoms with van der Waals surface area (Å²) in [6.45, 7) is 6.28. The van der Waals surface area contributed by atoms with Crippen molar-refractivity contribution in [3.8, 4) is 0 Å². The molecule has 0 bridgehead atoms. The molecule has 26 nitrogen and oxygen atoms in total. The quantitative estimate of drug-likeness (QED) is 0.00846. The number of aliphatic imine (C=N–C) groups is 1. The number of hydrogen-bond acceptors (Lipinski definition) is 14. The molecule has 0 aliphatic carbocycles. The molecule has 3 heterocycles. The van der Waals surface area contributed by atoms with E-state index in [1.54, 1.807) is 36.5 Å². The number of fused-ring (bicyclic) bond motifs is 1. The van der Waals surface area contributed by atoms with Gasteiger partial charge in [-0.1, -0.05) is 68.3 Å². The molecule has 1 aliphatic heterocycles. The van der Waals surface area contributed by atoms with Crippen LogP contribution in [-0.4, -0.2) is 157 Å². The fourth-order valence-electron chi connectivity index (χ4n) is 8.67. The van der Waals surface area contributed by atoms with E-state index in [9.17, 15) is 47.9 Å². The molecule has 0 radical (unpaired) electrons. The van der Waals surface area contributed by atoms with E-state index in [0.717, 1.165) is 15.8 Å². The van der Waals surface area contributed by atoms with Crippen LogP contribution in [0.4, 0.5) is 4.79 Å². The zero-order valence-corrected chi connectivity index (χ0v) is 46.8. The van der Waals surface area contributed by atoms with E-state index >= 15 is 0 Å². The molecule has 1 saturated heterocycles. The number of nitrogens with two attached hydrogens (primary N) is 2. The van der Waals surface area contributed by atoms with Crippen LogP contribution in [0, 0.1) is 0 Å². The first-order valence-corrected chi connectivity index (χ1v) is 27.3. The summed E-state index contributed by atoms with van der Waals surface area (Å²) in [5.74, 6) is -7.44. The number of aromatic amines is 2. The Morgan fingerprint density at radius 3 is 1.84 bits per heavy atom. The van der Waals surface area contributed by atoms with Gasteiger partial charge in [-0.2, -0.15) is 25.3 Å². The number of rotatable bonds is 31. The van der Waals surface area contributed by atoms with Gasteiger partial charge in [-0.05, 0) is 57.2 Å². The Bertz CT molecular complexity index is 2860. The molecule has 1 fully saturated rings. The Kier molecular flexibility index (Phi) is 23.4. The van der Waals surface area contributed by atoms with Crippen LogP contribution < -0.4 is 59.7 Å². The minimum atomic E-state index is -1.42. The molecule has 11 amide bonds. The molecular formula is C52H73N16O10S2+. The number of imide groups is 1. The van der Waals surface area contributed by atoms with Crippen LogP contribution in [0.25, 0.3) is 10.9 Å². The average molecular weight is 1150 g/mol. The van der Waals surface area contributed by atoms with E-state index in [0.29, 0.717) is 29.7 Å². The number of H-pyrrole nitrogens is 2. The molecule has 2 aromatic carbocycles. The molecule has 432 valence electrons. The third-order valence-corrected chi connectivity index (χ3v) is 13.9. The second-order valence-electron chi connectivity index (χ2n) is 19.8. The molecular weight excluding hydrogens is 1070 g/mol. The van der Waals surface area contributed by atoms with Crippen molar-refractivity contribution in [2.75, 3.05) is 18.1 Å². The maximum atomic E-state index is 14.7.